The van der Waals surface area contributed by atoms with Crippen LogP contribution in [0, 0.1) is 23.5 Å². The number of amides is 1. The maximum absolute atomic E-state index is 14.3. The van der Waals surface area contributed by atoms with Crippen molar-refractivity contribution < 1.29 is 31.8 Å². The van der Waals surface area contributed by atoms with Crippen molar-refractivity contribution in [1.82, 2.24) is 24.8 Å². The third-order valence-electron chi connectivity index (χ3n) is 6.51. The molecule has 0 aliphatic heterocycles. The number of aliphatic hydroxyl groups is 1. The molecule has 46 heavy (non-hydrogen) atoms. The molecule has 2 aromatic carbocycles. The lowest BCUT2D eigenvalue weighted by atomic mass is 9.95. The molecule has 4 aromatic rings. The summed E-state index contributed by atoms with van der Waals surface area (Å²) in [5.41, 5.74) is -0.401. The number of hydrogen-bond acceptors (Lipinski definition) is 7. The molecule has 14 heteroatoms. The maximum Gasteiger partial charge on any atom is 0.408 e. The molecule has 10 nitrogen and oxygen atoms in total. The number of benzene rings is 2. The third-order valence-corrected chi connectivity index (χ3v) is 8.16. The highest BCUT2D eigenvalue weighted by atomic mass is 35.5. The van der Waals surface area contributed by atoms with Crippen LogP contribution in [-0.4, -0.2) is 52.6 Å². The Hall–Kier alpha value is -4.09. The first-order valence-corrected chi connectivity index (χ1v) is 15.9. The van der Waals surface area contributed by atoms with E-state index >= 15 is 0 Å². The second-order valence-corrected chi connectivity index (χ2v) is 14.4. The molecule has 0 fully saturated rings. The Morgan fingerprint density at radius 1 is 1.09 bits per heavy atom. The van der Waals surface area contributed by atoms with E-state index in [9.17, 15) is 27.1 Å². The smallest absolute Gasteiger partial charge is 0.408 e. The van der Waals surface area contributed by atoms with Gasteiger partial charge in [0.25, 0.3) is 10.0 Å². The highest BCUT2D eigenvalue weighted by Gasteiger charge is 2.29. The van der Waals surface area contributed by atoms with Crippen LogP contribution in [0.3, 0.4) is 0 Å². The van der Waals surface area contributed by atoms with Gasteiger partial charge in [-0.2, -0.15) is 5.10 Å². The molecule has 0 saturated heterocycles. The average Bonchev–Trinajstić information content (AvgIpc) is 3.29. The number of pyridine rings is 1. The molecule has 244 valence electrons. The maximum atomic E-state index is 14.3. The van der Waals surface area contributed by atoms with Gasteiger partial charge in [-0.05, 0) is 83.5 Å². The summed E-state index contributed by atoms with van der Waals surface area (Å²) in [6.07, 6.45) is -2.25. The van der Waals surface area contributed by atoms with Gasteiger partial charge < -0.3 is 15.2 Å². The zero-order valence-electron chi connectivity index (χ0n) is 26.3. The van der Waals surface area contributed by atoms with E-state index in [-0.39, 0.29) is 38.8 Å². The Bertz CT molecular complexity index is 1970. The van der Waals surface area contributed by atoms with Crippen LogP contribution in [0.2, 0.25) is 5.02 Å². The van der Waals surface area contributed by atoms with Gasteiger partial charge in [0.05, 0.1) is 21.6 Å². The first-order chi connectivity index (χ1) is 21.3. The number of alkyl carbamates (subject to hydrolysis) is 1. The van der Waals surface area contributed by atoms with Gasteiger partial charge in [-0.25, -0.2) is 31.7 Å². The zero-order chi connectivity index (χ0) is 34.2. The van der Waals surface area contributed by atoms with Crippen molar-refractivity contribution in [2.24, 2.45) is 7.05 Å². The largest absolute Gasteiger partial charge is 0.439 e. The molecular formula is C32H34ClF2N5O5S. The van der Waals surface area contributed by atoms with Gasteiger partial charge in [-0.1, -0.05) is 23.6 Å². The molecule has 1 atom stereocenters. The van der Waals surface area contributed by atoms with Gasteiger partial charge in [-0.15, -0.1) is 0 Å². The molecule has 0 radical (unpaired) electrons. The van der Waals surface area contributed by atoms with Crippen LogP contribution >= 0.6 is 11.6 Å². The highest BCUT2D eigenvalue weighted by Crippen LogP contribution is 2.40. The molecule has 4 rings (SSSR count). The molecule has 2 heterocycles. The molecule has 0 spiro atoms. The van der Waals surface area contributed by atoms with Gasteiger partial charge in [0, 0.05) is 36.2 Å². The first kappa shape index (κ1) is 34.8. The summed E-state index contributed by atoms with van der Waals surface area (Å²) in [5, 5.41) is 17.1. The molecule has 3 N–H and O–H groups in total. The fourth-order valence-corrected chi connectivity index (χ4v) is 5.88. The normalized spacial score (nSPS) is 12.8. The fourth-order valence-electron chi connectivity index (χ4n) is 4.68. The van der Waals surface area contributed by atoms with Crippen molar-refractivity contribution >= 4 is 38.6 Å². The first-order valence-electron chi connectivity index (χ1n) is 14.1. The second kappa shape index (κ2) is 13.0. The number of carbonyl (C=O) groups excluding carboxylic acids is 1. The lowest BCUT2D eigenvalue weighted by molar-refractivity contribution is 0.0891. The molecule has 0 aliphatic rings. The summed E-state index contributed by atoms with van der Waals surface area (Å²) in [6, 6.07) is 9.33. The van der Waals surface area contributed by atoms with Crippen molar-refractivity contribution in [3.05, 3.63) is 76.1 Å². The van der Waals surface area contributed by atoms with E-state index in [1.807, 2.05) is 0 Å². The Morgan fingerprint density at radius 3 is 2.30 bits per heavy atom. The predicted molar refractivity (Wildman–Crippen MR) is 171 cm³/mol. The number of rotatable bonds is 7. The van der Waals surface area contributed by atoms with E-state index in [2.05, 4.69) is 27.0 Å². The van der Waals surface area contributed by atoms with Crippen LogP contribution in [0.4, 0.5) is 13.6 Å². The minimum Gasteiger partial charge on any atom is -0.439 e. The summed E-state index contributed by atoms with van der Waals surface area (Å²) in [4.78, 5) is 17.8. The average molecular weight is 674 g/mol. The molecule has 2 aromatic heterocycles. The van der Waals surface area contributed by atoms with Crippen molar-refractivity contribution in [1.29, 1.82) is 0 Å². The fraction of sp³-hybridized carbons (Fsp3) is 0.344. The molecule has 0 bridgehead atoms. The van der Waals surface area contributed by atoms with Gasteiger partial charge in [-0.3, -0.25) is 4.68 Å². The molecular weight excluding hydrogens is 640 g/mol. The molecule has 0 unspecified atom stereocenters. The van der Waals surface area contributed by atoms with Crippen LogP contribution < -0.4 is 10.0 Å². The Morgan fingerprint density at radius 2 is 1.72 bits per heavy atom. The van der Waals surface area contributed by atoms with Crippen LogP contribution in [0.1, 0.15) is 57.7 Å². The number of carbonyl (C=O) groups is 1. The number of aryl methyl sites for hydroxylation is 1. The summed E-state index contributed by atoms with van der Waals surface area (Å²) in [7, 11) is -1.23. The van der Waals surface area contributed by atoms with Gasteiger partial charge in [0.1, 0.15) is 22.9 Å². The molecule has 0 saturated carbocycles. The summed E-state index contributed by atoms with van der Waals surface area (Å²) in [6.45, 7) is 8.27. The standard InChI is InChI=1S/C32H34ClF2N5O5S/c1-31(2,3)38-30(41)45-25(16-18-14-19(34)17-20(35)15-18)27-22(9-8-21(37-27)12-13-32(4,5)42)23-10-11-24(33)26-28(23)40(7)39-29(26)46(43,44)36-6/h8-11,14-15,17,25,36,42H,16H2,1-7H3,(H,38,41)/t25-/m0/s1. The molecule has 1 amide bonds. The minimum atomic E-state index is -4.03. The number of sulfonamides is 1. The quantitative estimate of drug-likeness (QED) is 0.224. The number of ether oxygens (including phenoxy) is 1. The number of nitrogens with one attached hydrogen (secondary N) is 2. The molecule has 0 aliphatic carbocycles. The number of fused-ring (bicyclic) bond motifs is 1. The summed E-state index contributed by atoms with van der Waals surface area (Å²) >= 11 is 6.52. The minimum absolute atomic E-state index is 0.121. The number of halogens is 3. The van der Waals surface area contributed by atoms with Crippen LogP contribution in [0.15, 0.2) is 47.5 Å². The zero-order valence-corrected chi connectivity index (χ0v) is 27.9. The van der Waals surface area contributed by atoms with E-state index in [1.54, 1.807) is 46.0 Å². The predicted octanol–water partition coefficient (Wildman–Crippen LogP) is 5.41. The Balaban J connectivity index is 2.04. The Labute approximate surface area is 271 Å². The van der Waals surface area contributed by atoms with Crippen LogP contribution in [0.5, 0.6) is 0 Å². The summed E-state index contributed by atoms with van der Waals surface area (Å²) in [5.74, 6) is 3.86. The van der Waals surface area contributed by atoms with Gasteiger partial charge >= 0.3 is 6.09 Å². The number of hydrogen-bond donors (Lipinski definition) is 3. The van der Waals surface area contributed by atoms with Crippen LogP contribution in [-0.2, 0) is 28.2 Å². The van der Waals surface area contributed by atoms with Gasteiger partial charge in [0.15, 0.2) is 6.10 Å². The van der Waals surface area contributed by atoms with E-state index in [0.29, 0.717) is 16.6 Å². The monoisotopic (exact) mass is 673 g/mol. The SMILES string of the molecule is CNS(=O)(=O)c1nn(C)c2c(-c3ccc(C#CC(C)(C)O)nc3[C@H](Cc3cc(F)cc(F)c3)OC(=O)NC(C)(C)C)ccc(Cl)c12. The lowest BCUT2D eigenvalue weighted by Crippen LogP contribution is -2.41. The third kappa shape index (κ3) is 8.19. The van der Waals surface area contributed by atoms with E-state index in [4.69, 9.17) is 21.3 Å². The number of nitrogens with zero attached hydrogens (tertiary/aromatic N) is 3. The number of aromatic nitrogens is 3. The van der Waals surface area contributed by atoms with E-state index < -0.39 is 45.0 Å². The lowest BCUT2D eigenvalue weighted by Gasteiger charge is -2.25. The second-order valence-electron chi connectivity index (χ2n) is 12.1. The Kier molecular flexibility index (Phi) is 9.80. The topological polar surface area (TPSA) is 135 Å². The van der Waals surface area contributed by atoms with E-state index in [0.717, 1.165) is 18.2 Å². The van der Waals surface area contributed by atoms with E-state index in [1.165, 1.54) is 31.6 Å². The highest BCUT2D eigenvalue weighted by molar-refractivity contribution is 7.89. The van der Waals surface area contributed by atoms with Crippen molar-refractivity contribution in [3.8, 4) is 23.0 Å². The van der Waals surface area contributed by atoms with Crippen LogP contribution in [0.25, 0.3) is 22.0 Å². The van der Waals surface area contributed by atoms with Crippen molar-refractivity contribution in [2.45, 2.75) is 63.3 Å². The van der Waals surface area contributed by atoms with Crippen molar-refractivity contribution in [3.63, 3.8) is 0 Å². The summed E-state index contributed by atoms with van der Waals surface area (Å²) < 4.78 is 63.8. The van der Waals surface area contributed by atoms with Gasteiger partial charge in [0.2, 0.25) is 5.03 Å². The van der Waals surface area contributed by atoms with Crippen molar-refractivity contribution in [2.75, 3.05) is 7.05 Å².